The monoisotopic (exact) mass is 313 g/mol. The predicted octanol–water partition coefficient (Wildman–Crippen LogP) is 4.36. The minimum atomic E-state index is -0.861. The summed E-state index contributed by atoms with van der Waals surface area (Å²) in [6.45, 7) is 8.51. The SMILES string of the molecule is CC(NC(=O)C1CC1(Cl)Cl)c1ccc(C(C)(C)C)cc1. The van der Waals surface area contributed by atoms with Crippen molar-refractivity contribution in [2.75, 3.05) is 0 Å². The van der Waals surface area contributed by atoms with E-state index in [9.17, 15) is 4.79 Å². The molecule has 0 radical (unpaired) electrons. The third-order valence-electron chi connectivity index (χ3n) is 3.78. The molecule has 1 amide bonds. The summed E-state index contributed by atoms with van der Waals surface area (Å²) in [6, 6.07) is 8.31. The lowest BCUT2D eigenvalue weighted by molar-refractivity contribution is -0.123. The van der Waals surface area contributed by atoms with Crippen molar-refractivity contribution in [1.29, 1.82) is 0 Å². The van der Waals surface area contributed by atoms with Crippen LogP contribution in [0.3, 0.4) is 0 Å². The third-order valence-corrected chi connectivity index (χ3v) is 4.61. The number of rotatable bonds is 3. The summed E-state index contributed by atoms with van der Waals surface area (Å²) < 4.78 is -0.861. The largest absolute Gasteiger partial charge is 0.349 e. The van der Waals surface area contributed by atoms with Crippen LogP contribution in [0.25, 0.3) is 0 Å². The van der Waals surface area contributed by atoms with E-state index in [4.69, 9.17) is 23.2 Å². The molecule has 2 unspecified atom stereocenters. The second-order valence-corrected chi connectivity index (χ2v) is 8.16. The number of hydrogen-bond acceptors (Lipinski definition) is 1. The molecule has 1 N–H and O–H groups in total. The van der Waals surface area contributed by atoms with Crippen LogP contribution in [0.1, 0.15) is 51.3 Å². The van der Waals surface area contributed by atoms with Gasteiger partial charge in [-0.3, -0.25) is 4.79 Å². The topological polar surface area (TPSA) is 29.1 Å². The third kappa shape index (κ3) is 3.48. The molecule has 0 saturated heterocycles. The van der Waals surface area contributed by atoms with E-state index in [2.05, 4.69) is 50.4 Å². The predicted molar refractivity (Wildman–Crippen MR) is 84.2 cm³/mol. The molecule has 1 fully saturated rings. The van der Waals surface area contributed by atoms with E-state index in [1.807, 2.05) is 6.92 Å². The number of hydrogen-bond donors (Lipinski definition) is 1. The van der Waals surface area contributed by atoms with E-state index in [0.29, 0.717) is 6.42 Å². The molecule has 1 aliphatic carbocycles. The zero-order valence-electron chi connectivity index (χ0n) is 12.3. The Bertz CT molecular complexity index is 502. The summed E-state index contributed by atoms with van der Waals surface area (Å²) in [5, 5.41) is 2.96. The molecular weight excluding hydrogens is 293 g/mol. The van der Waals surface area contributed by atoms with Crippen LogP contribution in [0.5, 0.6) is 0 Å². The zero-order valence-corrected chi connectivity index (χ0v) is 13.8. The van der Waals surface area contributed by atoms with Gasteiger partial charge in [-0.05, 0) is 29.9 Å². The molecule has 0 spiro atoms. The van der Waals surface area contributed by atoms with Gasteiger partial charge in [0.15, 0.2) is 0 Å². The van der Waals surface area contributed by atoms with Crippen LogP contribution in [0.4, 0.5) is 0 Å². The average Bonchev–Trinajstić information content (AvgIpc) is 2.97. The van der Waals surface area contributed by atoms with Gasteiger partial charge in [0.2, 0.25) is 5.91 Å². The van der Waals surface area contributed by atoms with Gasteiger partial charge in [0.05, 0.1) is 12.0 Å². The van der Waals surface area contributed by atoms with Gasteiger partial charge in [0.1, 0.15) is 4.33 Å². The van der Waals surface area contributed by atoms with Crippen LogP contribution in [0, 0.1) is 5.92 Å². The first-order valence-electron chi connectivity index (χ1n) is 6.90. The second kappa shape index (κ2) is 5.23. The molecule has 2 atom stereocenters. The first-order valence-corrected chi connectivity index (χ1v) is 7.65. The number of amides is 1. The van der Waals surface area contributed by atoms with Gasteiger partial charge in [-0.25, -0.2) is 0 Å². The van der Waals surface area contributed by atoms with Gasteiger partial charge < -0.3 is 5.32 Å². The van der Waals surface area contributed by atoms with Crippen molar-refractivity contribution in [1.82, 2.24) is 5.32 Å². The van der Waals surface area contributed by atoms with E-state index in [0.717, 1.165) is 5.56 Å². The Kier molecular flexibility index (Phi) is 4.10. The molecule has 1 aromatic rings. The van der Waals surface area contributed by atoms with E-state index in [1.165, 1.54) is 5.56 Å². The molecule has 0 heterocycles. The molecule has 2 rings (SSSR count). The lowest BCUT2D eigenvalue weighted by Crippen LogP contribution is -2.29. The Hall–Kier alpha value is -0.730. The maximum Gasteiger partial charge on any atom is 0.226 e. The Balaban J connectivity index is 1.99. The van der Waals surface area contributed by atoms with Gasteiger partial charge in [-0.2, -0.15) is 0 Å². The van der Waals surface area contributed by atoms with Crippen molar-refractivity contribution >= 4 is 29.1 Å². The van der Waals surface area contributed by atoms with E-state index >= 15 is 0 Å². The van der Waals surface area contributed by atoms with Crippen LogP contribution >= 0.6 is 23.2 Å². The number of benzene rings is 1. The van der Waals surface area contributed by atoms with Crippen LogP contribution in [0.15, 0.2) is 24.3 Å². The standard InChI is InChI=1S/C16H21Cl2NO/c1-10(19-14(20)13-9-16(13,17)18)11-5-7-12(8-6-11)15(2,3)4/h5-8,10,13H,9H2,1-4H3,(H,19,20). The lowest BCUT2D eigenvalue weighted by atomic mass is 9.86. The summed E-state index contributed by atoms with van der Waals surface area (Å²) >= 11 is 11.8. The van der Waals surface area contributed by atoms with Crippen molar-refractivity contribution in [3.05, 3.63) is 35.4 Å². The maximum absolute atomic E-state index is 12.0. The Labute approximate surface area is 130 Å². The maximum atomic E-state index is 12.0. The molecule has 0 aliphatic heterocycles. The molecule has 1 aliphatic rings. The van der Waals surface area contributed by atoms with Crippen LogP contribution in [0.2, 0.25) is 0 Å². The molecule has 1 saturated carbocycles. The normalized spacial score (nSPS) is 22.2. The van der Waals surface area contributed by atoms with Gasteiger partial charge in [0.25, 0.3) is 0 Å². The van der Waals surface area contributed by atoms with Crippen molar-refractivity contribution in [3.63, 3.8) is 0 Å². The fourth-order valence-corrected chi connectivity index (χ4v) is 2.67. The molecule has 4 heteroatoms. The molecule has 2 nitrogen and oxygen atoms in total. The van der Waals surface area contributed by atoms with Gasteiger partial charge in [0, 0.05) is 0 Å². The molecule has 0 aromatic heterocycles. The minimum Gasteiger partial charge on any atom is -0.349 e. The fourth-order valence-electron chi connectivity index (χ4n) is 2.17. The summed E-state index contributed by atoms with van der Waals surface area (Å²) in [5.41, 5.74) is 2.50. The van der Waals surface area contributed by atoms with Crippen molar-refractivity contribution in [2.24, 2.45) is 5.92 Å². The fraction of sp³-hybridized carbons (Fsp3) is 0.562. The smallest absolute Gasteiger partial charge is 0.226 e. The number of halogens is 2. The number of nitrogens with one attached hydrogen (secondary N) is 1. The lowest BCUT2D eigenvalue weighted by Gasteiger charge is -2.20. The van der Waals surface area contributed by atoms with Crippen LogP contribution in [-0.4, -0.2) is 10.2 Å². The van der Waals surface area contributed by atoms with Crippen LogP contribution < -0.4 is 5.32 Å². The Morgan fingerprint density at radius 3 is 2.20 bits per heavy atom. The summed E-state index contributed by atoms with van der Waals surface area (Å²) in [6.07, 6.45) is 0.539. The first-order chi connectivity index (χ1) is 9.11. The Morgan fingerprint density at radius 2 is 1.80 bits per heavy atom. The highest BCUT2D eigenvalue weighted by molar-refractivity contribution is 6.52. The highest BCUT2D eigenvalue weighted by Gasteiger charge is 2.56. The molecule has 0 bridgehead atoms. The molecule has 110 valence electrons. The minimum absolute atomic E-state index is 0.0405. The molecule has 20 heavy (non-hydrogen) atoms. The number of carbonyl (C=O) groups excluding carboxylic acids is 1. The highest BCUT2D eigenvalue weighted by atomic mass is 35.5. The van der Waals surface area contributed by atoms with Gasteiger partial charge in [-0.15, -0.1) is 23.2 Å². The molecular formula is C16H21Cl2NO. The van der Waals surface area contributed by atoms with Crippen LogP contribution in [-0.2, 0) is 10.2 Å². The van der Waals surface area contributed by atoms with E-state index < -0.39 is 4.33 Å². The second-order valence-electron chi connectivity index (χ2n) is 6.62. The Morgan fingerprint density at radius 1 is 1.30 bits per heavy atom. The summed E-state index contributed by atoms with van der Waals surface area (Å²) in [4.78, 5) is 12.0. The summed E-state index contributed by atoms with van der Waals surface area (Å²) in [7, 11) is 0. The van der Waals surface area contributed by atoms with Crippen molar-refractivity contribution in [2.45, 2.75) is 49.9 Å². The summed E-state index contributed by atoms with van der Waals surface area (Å²) in [5.74, 6) is -0.343. The van der Waals surface area contributed by atoms with E-state index in [-0.39, 0.29) is 23.3 Å². The highest BCUT2D eigenvalue weighted by Crippen LogP contribution is 2.53. The van der Waals surface area contributed by atoms with Crippen molar-refractivity contribution < 1.29 is 4.79 Å². The number of carbonyl (C=O) groups is 1. The molecule has 1 aromatic carbocycles. The number of alkyl halides is 2. The zero-order chi connectivity index (χ0) is 15.1. The van der Waals surface area contributed by atoms with Gasteiger partial charge >= 0.3 is 0 Å². The van der Waals surface area contributed by atoms with Crippen molar-refractivity contribution in [3.8, 4) is 0 Å². The average molecular weight is 314 g/mol. The van der Waals surface area contributed by atoms with E-state index in [1.54, 1.807) is 0 Å². The quantitative estimate of drug-likeness (QED) is 0.826. The van der Waals surface area contributed by atoms with Gasteiger partial charge in [-0.1, -0.05) is 45.0 Å². The first kappa shape index (κ1) is 15.7.